The van der Waals surface area contributed by atoms with Gasteiger partial charge in [0, 0.05) is 22.6 Å². The van der Waals surface area contributed by atoms with E-state index in [9.17, 15) is 4.79 Å². The van der Waals surface area contributed by atoms with E-state index in [1.807, 2.05) is 32.0 Å². The minimum absolute atomic E-state index is 0.0427. The van der Waals surface area contributed by atoms with Crippen LogP contribution in [0.4, 0.5) is 0 Å². The lowest BCUT2D eigenvalue weighted by atomic mass is 10.0. The number of rotatable bonds is 10. The molecule has 1 heterocycles. The van der Waals surface area contributed by atoms with Crippen LogP contribution < -0.4 is 4.74 Å². The molecular weight excluding hydrogens is 414 g/mol. The maximum absolute atomic E-state index is 12.3. The lowest BCUT2D eigenvalue weighted by Crippen LogP contribution is -2.35. The van der Waals surface area contributed by atoms with Gasteiger partial charge in [-0.25, -0.2) is 4.79 Å². The molecule has 1 unspecified atom stereocenters. The summed E-state index contributed by atoms with van der Waals surface area (Å²) in [5, 5.41) is 4.18. The van der Waals surface area contributed by atoms with E-state index < -0.39 is 6.10 Å². The molecule has 0 fully saturated rings. The Hall–Kier alpha value is -1.60. The third-order valence-corrected chi connectivity index (χ3v) is 4.60. The Balaban J connectivity index is 2.27. The summed E-state index contributed by atoms with van der Waals surface area (Å²) in [5.74, 6) is 0.138. The summed E-state index contributed by atoms with van der Waals surface area (Å²) in [6.07, 6.45) is 1.07. The molecule has 27 heavy (non-hydrogen) atoms. The average molecular weight is 442 g/mol. The highest BCUT2D eigenvalue weighted by atomic mass is 79.9. The molecule has 150 valence electrons. The minimum atomic E-state index is -0.702. The number of hydrogen-bond donors (Lipinski definition) is 0. The maximum Gasteiger partial charge on any atom is 0.347 e. The quantitative estimate of drug-likeness (QED) is 0.399. The number of benzene rings is 1. The highest BCUT2D eigenvalue weighted by molar-refractivity contribution is 9.10. The summed E-state index contributed by atoms with van der Waals surface area (Å²) in [6.45, 7) is 9.07. The smallest absolute Gasteiger partial charge is 0.347 e. The second-order valence-electron chi connectivity index (χ2n) is 6.66. The summed E-state index contributed by atoms with van der Waals surface area (Å²) >= 11 is 3.49. The Morgan fingerprint density at radius 3 is 2.81 bits per heavy atom. The van der Waals surface area contributed by atoms with Crippen molar-refractivity contribution in [1.29, 1.82) is 0 Å². The van der Waals surface area contributed by atoms with E-state index in [-0.39, 0.29) is 18.0 Å². The van der Waals surface area contributed by atoms with Crippen molar-refractivity contribution in [2.24, 2.45) is 11.1 Å². The third-order valence-electron chi connectivity index (χ3n) is 4.11. The summed E-state index contributed by atoms with van der Waals surface area (Å²) in [6, 6.07) is 5.59. The fraction of sp³-hybridized carbons (Fsp3) is 0.600. The van der Waals surface area contributed by atoms with Gasteiger partial charge in [-0.2, -0.15) is 0 Å². The maximum atomic E-state index is 12.3. The van der Waals surface area contributed by atoms with Crippen molar-refractivity contribution < 1.29 is 23.8 Å². The number of nitrogens with zero attached hydrogens (tertiary/aromatic N) is 1. The van der Waals surface area contributed by atoms with Crippen LogP contribution in [-0.2, 0) is 19.1 Å². The van der Waals surface area contributed by atoms with Gasteiger partial charge in [0.05, 0.1) is 6.61 Å². The minimum Gasteiger partial charge on any atom is -0.478 e. The summed E-state index contributed by atoms with van der Waals surface area (Å²) in [7, 11) is 0. The molecule has 7 heteroatoms. The lowest BCUT2D eigenvalue weighted by molar-refractivity contribution is -0.153. The molecule has 1 aliphatic rings. The molecule has 0 radical (unpaired) electrons. The molecule has 0 aromatic heterocycles. The molecule has 0 spiro atoms. The molecular formula is C20H28BrNO5. The Morgan fingerprint density at radius 2 is 2.15 bits per heavy atom. The molecule has 0 bridgehead atoms. The number of esters is 1. The van der Waals surface area contributed by atoms with E-state index in [0.29, 0.717) is 31.3 Å². The van der Waals surface area contributed by atoms with Crippen LogP contribution in [0.25, 0.3) is 0 Å². The molecule has 1 aromatic rings. The Labute approximate surface area is 169 Å². The van der Waals surface area contributed by atoms with Gasteiger partial charge in [-0.3, -0.25) is 0 Å². The molecule has 1 aromatic carbocycles. The van der Waals surface area contributed by atoms with Crippen LogP contribution in [0.2, 0.25) is 0 Å². The van der Waals surface area contributed by atoms with E-state index >= 15 is 0 Å². The monoisotopic (exact) mass is 441 g/mol. The fourth-order valence-corrected chi connectivity index (χ4v) is 3.02. The van der Waals surface area contributed by atoms with Gasteiger partial charge in [-0.1, -0.05) is 48.3 Å². The van der Waals surface area contributed by atoms with Gasteiger partial charge >= 0.3 is 5.97 Å². The van der Waals surface area contributed by atoms with Gasteiger partial charge < -0.3 is 19.0 Å². The molecule has 2 rings (SSSR count). The standard InChI is InChI=1S/C20H28BrNO5/c1-5-7-10-25-17-12-26-22-18(17)15-11-14(21)8-9-16(15)27-19(13(3)4)20(23)24-6-2/h8-9,11,13,17,19H,5-7,10,12H2,1-4H3/t17?,19-/m0/s1. The predicted octanol–water partition coefficient (Wildman–Crippen LogP) is 4.34. The number of hydrogen-bond acceptors (Lipinski definition) is 6. The van der Waals surface area contributed by atoms with Crippen LogP contribution in [0.1, 0.15) is 46.1 Å². The van der Waals surface area contributed by atoms with Crippen LogP contribution in [0.15, 0.2) is 27.8 Å². The van der Waals surface area contributed by atoms with Crippen molar-refractivity contribution in [3.8, 4) is 5.75 Å². The number of ether oxygens (including phenoxy) is 3. The van der Waals surface area contributed by atoms with Gasteiger partial charge in [-0.05, 0) is 31.5 Å². The zero-order chi connectivity index (χ0) is 19.8. The SMILES string of the molecule is CCCCOC1CON=C1c1cc(Br)ccc1O[C@H](C(=O)OCC)C(C)C. The Morgan fingerprint density at radius 1 is 1.37 bits per heavy atom. The second-order valence-corrected chi connectivity index (χ2v) is 7.58. The van der Waals surface area contributed by atoms with E-state index in [1.54, 1.807) is 6.92 Å². The van der Waals surface area contributed by atoms with E-state index in [2.05, 4.69) is 28.0 Å². The van der Waals surface area contributed by atoms with Gasteiger partial charge in [0.2, 0.25) is 0 Å². The average Bonchev–Trinajstić information content (AvgIpc) is 3.09. The van der Waals surface area contributed by atoms with Gasteiger partial charge in [-0.15, -0.1) is 0 Å². The van der Waals surface area contributed by atoms with E-state index in [0.717, 1.165) is 22.9 Å². The van der Waals surface area contributed by atoms with Crippen molar-refractivity contribution >= 4 is 27.6 Å². The highest BCUT2D eigenvalue weighted by Gasteiger charge is 2.31. The molecule has 0 saturated carbocycles. The first-order valence-electron chi connectivity index (χ1n) is 9.42. The zero-order valence-electron chi connectivity index (χ0n) is 16.4. The van der Waals surface area contributed by atoms with Crippen molar-refractivity contribution in [2.75, 3.05) is 19.8 Å². The number of carbonyl (C=O) groups excluding carboxylic acids is 1. The Kier molecular flexibility index (Phi) is 8.57. The summed E-state index contributed by atoms with van der Waals surface area (Å²) < 4.78 is 18.0. The molecule has 1 aliphatic heterocycles. The molecule has 0 saturated heterocycles. The zero-order valence-corrected chi connectivity index (χ0v) is 18.0. The molecule has 2 atom stereocenters. The Bertz CT molecular complexity index is 662. The normalized spacial score (nSPS) is 17.4. The van der Waals surface area contributed by atoms with Crippen molar-refractivity contribution in [3.63, 3.8) is 0 Å². The highest BCUT2D eigenvalue weighted by Crippen LogP contribution is 2.29. The van der Waals surface area contributed by atoms with Crippen LogP contribution in [0.3, 0.4) is 0 Å². The number of unbranched alkanes of at least 4 members (excludes halogenated alkanes) is 1. The third kappa shape index (κ3) is 5.94. The molecule has 0 amide bonds. The first kappa shape index (κ1) is 21.7. The van der Waals surface area contributed by atoms with Crippen molar-refractivity contribution in [2.45, 2.75) is 52.7 Å². The topological polar surface area (TPSA) is 66.3 Å². The second kappa shape index (κ2) is 10.7. The van der Waals surface area contributed by atoms with Crippen LogP contribution in [0.5, 0.6) is 5.75 Å². The fourth-order valence-electron chi connectivity index (χ4n) is 2.65. The number of halogens is 1. The van der Waals surface area contributed by atoms with Crippen molar-refractivity contribution in [1.82, 2.24) is 0 Å². The van der Waals surface area contributed by atoms with Gasteiger partial charge in [0.25, 0.3) is 0 Å². The first-order valence-corrected chi connectivity index (χ1v) is 10.2. The molecule has 6 nitrogen and oxygen atoms in total. The van der Waals surface area contributed by atoms with Crippen LogP contribution >= 0.6 is 15.9 Å². The largest absolute Gasteiger partial charge is 0.478 e. The van der Waals surface area contributed by atoms with E-state index in [4.69, 9.17) is 19.0 Å². The summed E-state index contributed by atoms with van der Waals surface area (Å²) in [4.78, 5) is 17.6. The van der Waals surface area contributed by atoms with E-state index in [1.165, 1.54) is 0 Å². The van der Waals surface area contributed by atoms with Gasteiger partial charge in [0.1, 0.15) is 24.2 Å². The van der Waals surface area contributed by atoms with Crippen molar-refractivity contribution in [3.05, 3.63) is 28.2 Å². The lowest BCUT2D eigenvalue weighted by Gasteiger charge is -2.23. The number of carbonyl (C=O) groups is 1. The summed E-state index contributed by atoms with van der Waals surface area (Å²) in [5.41, 5.74) is 1.42. The number of oxime groups is 1. The molecule has 0 N–H and O–H groups in total. The van der Waals surface area contributed by atoms with Gasteiger partial charge in [0.15, 0.2) is 6.10 Å². The first-order chi connectivity index (χ1) is 13.0. The predicted molar refractivity (Wildman–Crippen MR) is 107 cm³/mol. The van der Waals surface area contributed by atoms with Crippen LogP contribution in [-0.4, -0.2) is 43.7 Å². The van der Waals surface area contributed by atoms with Crippen LogP contribution in [0, 0.1) is 5.92 Å². The molecule has 0 aliphatic carbocycles.